The van der Waals surface area contributed by atoms with Crippen LogP contribution in [0, 0.1) is 0 Å². The topological polar surface area (TPSA) is 39.7 Å². The van der Waals surface area contributed by atoms with Gasteiger partial charge in [-0.2, -0.15) is 0 Å². The maximum absolute atomic E-state index is 4.24. The average molecular weight is 418 g/mol. The lowest BCUT2D eigenvalue weighted by Crippen LogP contribution is -2.41. The summed E-state index contributed by atoms with van der Waals surface area (Å²) in [6, 6.07) is 10.6. The standard InChI is InChI=1S/C17H30N4.HI/c1-4-5-9-12-19-17(18-2)20-13-14-21(3)15-16-10-7-6-8-11-16;/h6-8,10-11H,4-5,9,12-15H2,1-3H3,(H2,18,19,20);1H. The summed E-state index contributed by atoms with van der Waals surface area (Å²) in [5, 5.41) is 6.71. The molecule has 0 unspecified atom stereocenters. The lowest BCUT2D eigenvalue weighted by Gasteiger charge is -2.18. The number of nitrogens with one attached hydrogen (secondary N) is 2. The Morgan fingerprint density at radius 1 is 1.09 bits per heavy atom. The van der Waals surface area contributed by atoms with Gasteiger partial charge in [0, 0.05) is 33.2 Å². The molecule has 0 spiro atoms. The minimum Gasteiger partial charge on any atom is -0.356 e. The third kappa shape index (κ3) is 10.00. The van der Waals surface area contributed by atoms with Gasteiger partial charge in [-0.25, -0.2) is 0 Å². The zero-order valence-corrected chi connectivity index (χ0v) is 16.5. The highest BCUT2D eigenvalue weighted by molar-refractivity contribution is 14.0. The highest BCUT2D eigenvalue weighted by Gasteiger charge is 2.01. The van der Waals surface area contributed by atoms with E-state index < -0.39 is 0 Å². The Bertz CT molecular complexity index is 395. The van der Waals surface area contributed by atoms with Crippen molar-refractivity contribution in [3.63, 3.8) is 0 Å². The Kier molecular flexibility index (Phi) is 13.3. The molecule has 0 heterocycles. The first-order valence-electron chi connectivity index (χ1n) is 7.93. The van der Waals surface area contributed by atoms with E-state index in [4.69, 9.17) is 0 Å². The summed E-state index contributed by atoms with van der Waals surface area (Å²) in [4.78, 5) is 6.55. The highest BCUT2D eigenvalue weighted by Crippen LogP contribution is 2.01. The van der Waals surface area contributed by atoms with E-state index in [0.29, 0.717) is 0 Å². The maximum atomic E-state index is 4.24. The van der Waals surface area contributed by atoms with Crippen LogP contribution in [0.2, 0.25) is 0 Å². The van der Waals surface area contributed by atoms with Crippen LogP contribution in [-0.2, 0) is 6.54 Å². The van der Waals surface area contributed by atoms with Crippen molar-refractivity contribution in [3.05, 3.63) is 35.9 Å². The van der Waals surface area contributed by atoms with Crippen molar-refractivity contribution >= 4 is 29.9 Å². The second kappa shape index (κ2) is 13.8. The highest BCUT2D eigenvalue weighted by atomic mass is 127. The molecule has 5 heteroatoms. The quantitative estimate of drug-likeness (QED) is 0.280. The van der Waals surface area contributed by atoms with E-state index in [9.17, 15) is 0 Å². The van der Waals surface area contributed by atoms with Gasteiger partial charge in [-0.15, -0.1) is 24.0 Å². The number of halogens is 1. The lowest BCUT2D eigenvalue weighted by molar-refractivity contribution is 0.331. The number of benzene rings is 1. The van der Waals surface area contributed by atoms with Crippen molar-refractivity contribution < 1.29 is 0 Å². The van der Waals surface area contributed by atoms with Crippen LogP contribution in [0.4, 0.5) is 0 Å². The van der Waals surface area contributed by atoms with Crippen LogP contribution in [0.1, 0.15) is 31.7 Å². The summed E-state index contributed by atoms with van der Waals surface area (Å²) >= 11 is 0. The Morgan fingerprint density at radius 2 is 1.77 bits per heavy atom. The normalized spacial score (nSPS) is 11.2. The Morgan fingerprint density at radius 3 is 2.41 bits per heavy atom. The Balaban J connectivity index is 0.00000441. The SMILES string of the molecule is CCCCCNC(=NC)NCCN(C)Cc1ccccc1.I. The lowest BCUT2D eigenvalue weighted by atomic mass is 10.2. The van der Waals surface area contributed by atoms with E-state index in [1.807, 2.05) is 7.05 Å². The van der Waals surface area contributed by atoms with Gasteiger partial charge in [-0.05, 0) is 19.0 Å². The summed E-state index contributed by atoms with van der Waals surface area (Å²) in [7, 11) is 3.97. The molecular formula is C17H31IN4. The molecular weight excluding hydrogens is 387 g/mol. The number of guanidine groups is 1. The summed E-state index contributed by atoms with van der Waals surface area (Å²) < 4.78 is 0. The van der Waals surface area contributed by atoms with Gasteiger partial charge in [-0.1, -0.05) is 50.1 Å². The number of aliphatic imine (C=N–C) groups is 1. The van der Waals surface area contributed by atoms with Crippen LogP contribution in [0.5, 0.6) is 0 Å². The number of hydrogen-bond donors (Lipinski definition) is 2. The molecule has 126 valence electrons. The molecule has 1 rings (SSSR count). The summed E-state index contributed by atoms with van der Waals surface area (Å²) in [6.07, 6.45) is 3.72. The molecule has 0 aliphatic carbocycles. The molecule has 22 heavy (non-hydrogen) atoms. The number of nitrogens with zero attached hydrogens (tertiary/aromatic N) is 2. The molecule has 0 saturated heterocycles. The van der Waals surface area contributed by atoms with Crippen molar-refractivity contribution in [1.82, 2.24) is 15.5 Å². The average Bonchev–Trinajstić information content (AvgIpc) is 2.50. The zero-order valence-electron chi connectivity index (χ0n) is 14.1. The largest absolute Gasteiger partial charge is 0.356 e. The van der Waals surface area contributed by atoms with E-state index in [0.717, 1.165) is 32.1 Å². The fourth-order valence-electron chi connectivity index (χ4n) is 2.14. The number of rotatable bonds is 9. The maximum Gasteiger partial charge on any atom is 0.191 e. The second-order valence-corrected chi connectivity index (χ2v) is 5.36. The fourth-order valence-corrected chi connectivity index (χ4v) is 2.14. The summed E-state index contributed by atoms with van der Waals surface area (Å²) in [5.74, 6) is 0.902. The summed E-state index contributed by atoms with van der Waals surface area (Å²) in [5.41, 5.74) is 1.35. The summed E-state index contributed by atoms with van der Waals surface area (Å²) in [6.45, 7) is 6.08. The first kappa shape index (κ1) is 21.2. The predicted octanol–water partition coefficient (Wildman–Crippen LogP) is 3.09. The number of hydrogen-bond acceptors (Lipinski definition) is 2. The minimum atomic E-state index is 0. The molecule has 0 aliphatic heterocycles. The molecule has 1 aromatic rings. The molecule has 4 nitrogen and oxygen atoms in total. The molecule has 0 fully saturated rings. The predicted molar refractivity (Wildman–Crippen MR) is 107 cm³/mol. The van der Waals surface area contributed by atoms with Gasteiger partial charge in [0.05, 0.1) is 0 Å². The molecule has 0 bridgehead atoms. The first-order valence-corrected chi connectivity index (χ1v) is 7.93. The van der Waals surface area contributed by atoms with Gasteiger partial charge in [0.15, 0.2) is 5.96 Å². The second-order valence-electron chi connectivity index (χ2n) is 5.36. The van der Waals surface area contributed by atoms with E-state index >= 15 is 0 Å². The van der Waals surface area contributed by atoms with E-state index in [1.165, 1.54) is 24.8 Å². The molecule has 0 aromatic heterocycles. The van der Waals surface area contributed by atoms with Crippen LogP contribution in [0.15, 0.2) is 35.3 Å². The van der Waals surface area contributed by atoms with Gasteiger partial charge in [0.1, 0.15) is 0 Å². The van der Waals surface area contributed by atoms with Crippen molar-refractivity contribution in [2.24, 2.45) is 4.99 Å². The Labute approximate surface area is 152 Å². The van der Waals surface area contributed by atoms with Gasteiger partial charge in [0.2, 0.25) is 0 Å². The van der Waals surface area contributed by atoms with Crippen LogP contribution in [0.3, 0.4) is 0 Å². The molecule has 2 N–H and O–H groups in total. The van der Waals surface area contributed by atoms with Gasteiger partial charge < -0.3 is 15.5 Å². The third-order valence-corrected chi connectivity index (χ3v) is 3.38. The molecule has 0 aliphatic rings. The van der Waals surface area contributed by atoms with Crippen molar-refractivity contribution in [1.29, 1.82) is 0 Å². The molecule has 0 saturated carbocycles. The fraction of sp³-hybridized carbons (Fsp3) is 0.588. The zero-order chi connectivity index (χ0) is 15.3. The monoisotopic (exact) mass is 418 g/mol. The Hall–Kier alpha value is -0.820. The van der Waals surface area contributed by atoms with Gasteiger partial charge in [-0.3, -0.25) is 4.99 Å². The van der Waals surface area contributed by atoms with Gasteiger partial charge in [0.25, 0.3) is 0 Å². The van der Waals surface area contributed by atoms with E-state index in [2.05, 4.69) is 64.8 Å². The van der Waals surface area contributed by atoms with Crippen LogP contribution in [-0.4, -0.2) is 44.6 Å². The van der Waals surface area contributed by atoms with Crippen LogP contribution < -0.4 is 10.6 Å². The van der Waals surface area contributed by atoms with Crippen molar-refractivity contribution in [2.75, 3.05) is 33.7 Å². The molecule has 0 amide bonds. The van der Waals surface area contributed by atoms with Crippen LogP contribution >= 0.6 is 24.0 Å². The van der Waals surface area contributed by atoms with Crippen molar-refractivity contribution in [2.45, 2.75) is 32.7 Å². The minimum absolute atomic E-state index is 0. The van der Waals surface area contributed by atoms with Gasteiger partial charge >= 0.3 is 0 Å². The smallest absolute Gasteiger partial charge is 0.191 e. The first-order chi connectivity index (χ1) is 10.3. The van der Waals surface area contributed by atoms with Crippen molar-refractivity contribution in [3.8, 4) is 0 Å². The van der Waals surface area contributed by atoms with E-state index in [-0.39, 0.29) is 24.0 Å². The molecule has 0 atom stereocenters. The molecule has 1 aromatic carbocycles. The number of unbranched alkanes of at least 4 members (excludes halogenated alkanes) is 2. The van der Waals surface area contributed by atoms with Crippen LogP contribution in [0.25, 0.3) is 0 Å². The molecule has 0 radical (unpaired) electrons. The van der Waals surface area contributed by atoms with E-state index in [1.54, 1.807) is 0 Å². The number of likely N-dealkylation sites (N-methyl/N-ethyl adjacent to an activating group) is 1. The third-order valence-electron chi connectivity index (χ3n) is 3.38.